The fourth-order valence-electron chi connectivity index (χ4n) is 3.10. The Labute approximate surface area is 149 Å². The third-order valence-electron chi connectivity index (χ3n) is 4.36. The van der Waals surface area contributed by atoms with Crippen molar-refractivity contribution in [3.8, 4) is 0 Å². The molecule has 1 fully saturated rings. The zero-order valence-electron chi connectivity index (χ0n) is 14.4. The Balaban J connectivity index is 1.58. The number of anilines is 2. The zero-order chi connectivity index (χ0) is 18.9. The average molecular weight is 373 g/mol. The maximum Gasteiger partial charge on any atom is 0.417 e. The Kier molecular flexibility index (Phi) is 5.24. The third-order valence-corrected chi connectivity index (χ3v) is 4.36. The van der Waals surface area contributed by atoms with Crippen LogP contribution in [0.4, 0.5) is 24.7 Å². The lowest BCUT2D eigenvalue weighted by atomic mass is 10.2. The number of piperazine rings is 1. The van der Waals surface area contributed by atoms with E-state index in [4.69, 9.17) is 10.5 Å². The van der Waals surface area contributed by atoms with Crippen molar-refractivity contribution < 1.29 is 22.7 Å². The number of fused-ring (bicyclic) bond motifs is 3. The normalized spacial score (nSPS) is 20.4. The molecule has 0 radical (unpaired) electrons. The Hall–Kier alpha value is -2.07. The molecule has 0 spiro atoms. The Morgan fingerprint density at radius 3 is 2.96 bits per heavy atom. The first-order chi connectivity index (χ1) is 12.3. The monoisotopic (exact) mass is 373 g/mol. The summed E-state index contributed by atoms with van der Waals surface area (Å²) in [6, 6.07) is 0.984. The van der Waals surface area contributed by atoms with Gasteiger partial charge in [0.2, 0.25) is 5.91 Å². The van der Waals surface area contributed by atoms with Crippen LogP contribution < -0.4 is 16.0 Å². The molecule has 3 N–H and O–H groups in total. The van der Waals surface area contributed by atoms with Gasteiger partial charge in [0.15, 0.2) is 5.82 Å². The lowest BCUT2D eigenvalue weighted by Crippen LogP contribution is -2.55. The van der Waals surface area contributed by atoms with E-state index in [1.54, 1.807) is 4.90 Å². The topological polar surface area (TPSA) is 83.7 Å². The molecule has 1 unspecified atom stereocenters. The molecule has 1 saturated heterocycles. The molecule has 0 aliphatic carbocycles. The number of ether oxygens (including phenoxy) is 1. The molecule has 0 bridgehead atoms. The number of carbonyl (C=O) groups is 1. The predicted molar refractivity (Wildman–Crippen MR) is 89.7 cm³/mol. The van der Waals surface area contributed by atoms with Crippen LogP contribution in [0.3, 0.4) is 0 Å². The molecule has 3 heterocycles. The van der Waals surface area contributed by atoms with E-state index in [0.29, 0.717) is 44.4 Å². The van der Waals surface area contributed by atoms with Crippen LogP contribution in [0.1, 0.15) is 18.9 Å². The number of hydrogen-bond acceptors (Lipinski definition) is 6. The highest BCUT2D eigenvalue weighted by molar-refractivity contribution is 5.78. The van der Waals surface area contributed by atoms with Gasteiger partial charge in [0.1, 0.15) is 6.17 Å². The Morgan fingerprint density at radius 1 is 1.50 bits per heavy atom. The number of nitrogens with one attached hydrogen (secondary N) is 1. The van der Waals surface area contributed by atoms with E-state index in [1.807, 2.05) is 11.8 Å². The van der Waals surface area contributed by atoms with E-state index < -0.39 is 11.7 Å². The number of hydrogen-bond donors (Lipinski definition) is 2. The molecule has 3 rings (SSSR count). The van der Waals surface area contributed by atoms with E-state index in [2.05, 4.69) is 10.3 Å². The smallest absolute Gasteiger partial charge is 0.379 e. The zero-order valence-corrected chi connectivity index (χ0v) is 14.4. The fourth-order valence-corrected chi connectivity index (χ4v) is 3.10. The van der Waals surface area contributed by atoms with Crippen LogP contribution in [0.2, 0.25) is 0 Å². The highest BCUT2D eigenvalue weighted by Crippen LogP contribution is 2.38. The van der Waals surface area contributed by atoms with Crippen molar-refractivity contribution in [2.24, 2.45) is 5.73 Å². The van der Waals surface area contributed by atoms with Crippen LogP contribution in [0.5, 0.6) is 0 Å². The summed E-state index contributed by atoms with van der Waals surface area (Å²) >= 11 is 0. The van der Waals surface area contributed by atoms with Crippen molar-refractivity contribution in [1.29, 1.82) is 0 Å². The number of nitrogens with two attached hydrogens (primary N) is 1. The highest BCUT2D eigenvalue weighted by Gasteiger charge is 2.38. The van der Waals surface area contributed by atoms with Gasteiger partial charge in [0, 0.05) is 25.3 Å². The molecule has 26 heavy (non-hydrogen) atoms. The van der Waals surface area contributed by atoms with Crippen LogP contribution in [0.15, 0.2) is 12.3 Å². The van der Waals surface area contributed by atoms with Crippen molar-refractivity contribution in [3.05, 3.63) is 17.8 Å². The number of carbonyl (C=O) groups excluding carboxylic acids is 1. The summed E-state index contributed by atoms with van der Waals surface area (Å²) in [6.45, 7) is 3.90. The molecule has 1 aromatic rings. The van der Waals surface area contributed by atoms with Gasteiger partial charge < -0.3 is 25.6 Å². The van der Waals surface area contributed by atoms with Crippen LogP contribution in [-0.2, 0) is 15.7 Å². The quantitative estimate of drug-likeness (QED) is 0.756. The first-order valence-electron chi connectivity index (χ1n) is 8.47. The largest absolute Gasteiger partial charge is 0.417 e. The van der Waals surface area contributed by atoms with E-state index in [1.165, 1.54) is 0 Å². The van der Waals surface area contributed by atoms with Crippen LogP contribution in [0.25, 0.3) is 0 Å². The van der Waals surface area contributed by atoms with Gasteiger partial charge in [-0.3, -0.25) is 4.79 Å². The molecule has 0 saturated carbocycles. The number of pyridine rings is 1. The summed E-state index contributed by atoms with van der Waals surface area (Å²) in [5, 5.41) is 3.04. The molecule has 144 valence electrons. The van der Waals surface area contributed by atoms with Crippen molar-refractivity contribution >= 4 is 17.4 Å². The number of nitrogens with zero attached hydrogens (tertiary/aromatic N) is 3. The number of halogens is 3. The number of rotatable bonds is 5. The van der Waals surface area contributed by atoms with Gasteiger partial charge in [-0.25, -0.2) is 4.98 Å². The average Bonchev–Trinajstić information content (AvgIpc) is 2.94. The van der Waals surface area contributed by atoms with Crippen molar-refractivity contribution in [3.63, 3.8) is 0 Å². The molecule has 2 aliphatic rings. The first-order valence-corrected chi connectivity index (χ1v) is 8.47. The van der Waals surface area contributed by atoms with Gasteiger partial charge in [0.25, 0.3) is 0 Å². The molecule has 1 aromatic heterocycles. The lowest BCUT2D eigenvalue weighted by Gasteiger charge is -2.38. The Bertz CT molecular complexity index is 668. The van der Waals surface area contributed by atoms with Gasteiger partial charge in [-0.1, -0.05) is 0 Å². The van der Waals surface area contributed by atoms with Crippen LogP contribution in [-0.4, -0.2) is 60.8 Å². The third kappa shape index (κ3) is 4.01. The minimum absolute atomic E-state index is 0.0454. The summed E-state index contributed by atoms with van der Waals surface area (Å²) in [4.78, 5) is 19.8. The summed E-state index contributed by atoms with van der Waals surface area (Å²) in [5.74, 6) is 0.450. The van der Waals surface area contributed by atoms with Crippen LogP contribution >= 0.6 is 0 Å². The van der Waals surface area contributed by atoms with Crippen molar-refractivity contribution in [2.45, 2.75) is 31.7 Å². The van der Waals surface area contributed by atoms with Gasteiger partial charge in [-0.2, -0.15) is 13.2 Å². The summed E-state index contributed by atoms with van der Waals surface area (Å²) in [6.07, 6.45) is -3.61. The van der Waals surface area contributed by atoms with Crippen molar-refractivity contribution in [1.82, 2.24) is 9.88 Å². The van der Waals surface area contributed by atoms with Gasteiger partial charge in [-0.15, -0.1) is 0 Å². The highest BCUT2D eigenvalue weighted by atomic mass is 19.4. The van der Waals surface area contributed by atoms with E-state index in [0.717, 1.165) is 12.3 Å². The molecule has 0 aromatic carbocycles. The maximum absolute atomic E-state index is 12.8. The Morgan fingerprint density at radius 2 is 2.27 bits per heavy atom. The van der Waals surface area contributed by atoms with Gasteiger partial charge in [0.05, 0.1) is 37.4 Å². The molecule has 2 aliphatic heterocycles. The number of aromatic nitrogens is 1. The van der Waals surface area contributed by atoms with E-state index >= 15 is 0 Å². The SMILES string of the molecule is C[C@@H](N)COCCC(=O)N1CCN2c3ncc(C(F)(F)F)cc3NC2C1. The number of amides is 1. The van der Waals surface area contributed by atoms with Crippen LogP contribution in [0, 0.1) is 0 Å². The summed E-state index contributed by atoms with van der Waals surface area (Å²) in [5.41, 5.74) is 5.14. The first kappa shape index (κ1) is 18.7. The number of alkyl halides is 3. The van der Waals surface area contributed by atoms with Gasteiger partial charge >= 0.3 is 6.18 Å². The standard InChI is InChI=1S/C16H22F3N5O2/c1-10(20)9-26-5-2-14(25)23-3-4-24-13(8-23)22-12-6-11(16(17,18)19)7-21-15(12)24/h6-7,10,13,22H,2-5,8-9,20H2,1H3/t10-,13?/m1/s1. The lowest BCUT2D eigenvalue weighted by molar-refractivity contribution is -0.137. The fraction of sp³-hybridized carbons (Fsp3) is 0.625. The maximum atomic E-state index is 12.8. The molecule has 7 nitrogen and oxygen atoms in total. The molecule has 1 amide bonds. The van der Waals surface area contributed by atoms with Gasteiger partial charge in [-0.05, 0) is 13.0 Å². The predicted octanol–water partition coefficient (Wildman–Crippen LogP) is 1.25. The molecule has 10 heteroatoms. The van der Waals surface area contributed by atoms with E-state index in [-0.39, 0.29) is 24.5 Å². The minimum Gasteiger partial charge on any atom is -0.379 e. The second-order valence-electron chi connectivity index (χ2n) is 6.59. The molecule has 2 atom stereocenters. The second-order valence-corrected chi connectivity index (χ2v) is 6.59. The van der Waals surface area contributed by atoms with E-state index in [9.17, 15) is 18.0 Å². The summed E-state index contributed by atoms with van der Waals surface area (Å²) < 4.78 is 43.8. The second kappa shape index (κ2) is 7.28. The summed E-state index contributed by atoms with van der Waals surface area (Å²) in [7, 11) is 0. The van der Waals surface area contributed by atoms with Crippen molar-refractivity contribution in [2.75, 3.05) is 43.1 Å². The molecular weight excluding hydrogens is 351 g/mol. The minimum atomic E-state index is -4.43. The molecular formula is C16H22F3N5O2.